The fourth-order valence-electron chi connectivity index (χ4n) is 2.05. The molecule has 1 atom stereocenters. The Balaban J connectivity index is 2.13. The van der Waals surface area contributed by atoms with E-state index < -0.39 is 5.82 Å². The van der Waals surface area contributed by atoms with Gasteiger partial charge in [-0.3, -0.25) is 4.79 Å². The van der Waals surface area contributed by atoms with Crippen molar-refractivity contribution in [2.75, 3.05) is 25.1 Å². The smallest absolute Gasteiger partial charge is 0.229 e. The average Bonchev–Trinajstić information content (AvgIpc) is 2.48. The maximum Gasteiger partial charge on any atom is 0.229 e. The Morgan fingerprint density at radius 2 is 2.40 bits per heavy atom. The van der Waals surface area contributed by atoms with Crippen LogP contribution in [0, 0.1) is 23.6 Å². The van der Waals surface area contributed by atoms with Gasteiger partial charge in [0.05, 0.1) is 23.8 Å². The first-order chi connectivity index (χ1) is 9.70. The highest BCUT2D eigenvalue weighted by Crippen LogP contribution is 2.20. The van der Waals surface area contributed by atoms with Gasteiger partial charge in [0.2, 0.25) is 5.91 Å². The molecule has 2 N–H and O–H groups in total. The van der Waals surface area contributed by atoms with Gasteiger partial charge in [-0.15, -0.1) is 0 Å². The predicted molar refractivity (Wildman–Crippen MR) is 72.5 cm³/mol. The van der Waals surface area contributed by atoms with E-state index >= 15 is 0 Å². The van der Waals surface area contributed by atoms with Gasteiger partial charge < -0.3 is 15.2 Å². The Bertz CT molecular complexity index is 542. The number of carbonyl (C=O) groups is 1. The highest BCUT2D eigenvalue weighted by atomic mass is 19.1. The van der Waals surface area contributed by atoms with Gasteiger partial charge in [-0.25, -0.2) is 4.39 Å². The van der Waals surface area contributed by atoms with Crippen LogP contribution in [0.2, 0.25) is 0 Å². The van der Waals surface area contributed by atoms with Crippen LogP contribution in [0.5, 0.6) is 0 Å². The number of carbonyl (C=O) groups excluding carboxylic acids is 1. The standard InChI is InChI=1S/C15H16FNO3/c16-13-5-6-14(11(9-13)3-1-7-18)17-15(19)12-4-2-8-20-10-12/h5-6,9,12,18H,2,4,7-8,10H2,(H,17,19). The van der Waals surface area contributed by atoms with Crippen LogP contribution in [0.15, 0.2) is 18.2 Å². The van der Waals surface area contributed by atoms with E-state index in [4.69, 9.17) is 9.84 Å². The fourth-order valence-corrected chi connectivity index (χ4v) is 2.05. The van der Waals surface area contributed by atoms with Crippen molar-refractivity contribution in [1.82, 2.24) is 0 Å². The first kappa shape index (κ1) is 14.5. The van der Waals surface area contributed by atoms with E-state index in [1.807, 2.05) is 0 Å². The molecule has 0 aromatic heterocycles. The summed E-state index contributed by atoms with van der Waals surface area (Å²) in [6.45, 7) is 0.776. The van der Waals surface area contributed by atoms with E-state index in [2.05, 4.69) is 17.2 Å². The number of halogens is 1. The van der Waals surface area contributed by atoms with Gasteiger partial charge in [0, 0.05) is 6.61 Å². The molecule has 1 saturated heterocycles. The Morgan fingerprint density at radius 1 is 1.55 bits per heavy atom. The number of aliphatic hydroxyl groups excluding tert-OH is 1. The summed E-state index contributed by atoms with van der Waals surface area (Å²) in [5.74, 6) is 4.30. The molecule has 0 spiro atoms. The summed E-state index contributed by atoms with van der Waals surface area (Å²) in [4.78, 5) is 12.1. The van der Waals surface area contributed by atoms with E-state index in [0.717, 1.165) is 12.8 Å². The van der Waals surface area contributed by atoms with Crippen molar-refractivity contribution in [3.05, 3.63) is 29.6 Å². The van der Waals surface area contributed by atoms with Gasteiger partial charge in [-0.2, -0.15) is 0 Å². The molecule has 1 aromatic carbocycles. The van der Waals surface area contributed by atoms with Crippen molar-refractivity contribution < 1.29 is 19.0 Å². The molecule has 1 fully saturated rings. The second-order valence-electron chi connectivity index (χ2n) is 4.55. The SMILES string of the molecule is O=C(Nc1ccc(F)cc1C#CCO)C1CCCOC1. The first-order valence-electron chi connectivity index (χ1n) is 6.48. The summed E-state index contributed by atoms with van der Waals surface area (Å²) < 4.78 is 18.5. The summed E-state index contributed by atoms with van der Waals surface area (Å²) >= 11 is 0. The van der Waals surface area contributed by atoms with Crippen LogP contribution < -0.4 is 5.32 Å². The number of hydrogen-bond donors (Lipinski definition) is 2. The number of benzene rings is 1. The first-order valence-corrected chi connectivity index (χ1v) is 6.48. The molecule has 106 valence electrons. The minimum Gasteiger partial charge on any atom is -0.384 e. The molecular formula is C15H16FNO3. The van der Waals surface area contributed by atoms with E-state index in [9.17, 15) is 9.18 Å². The van der Waals surface area contributed by atoms with E-state index in [1.165, 1.54) is 18.2 Å². The molecule has 20 heavy (non-hydrogen) atoms. The molecule has 2 rings (SSSR count). The maximum absolute atomic E-state index is 13.2. The zero-order valence-corrected chi connectivity index (χ0v) is 11.0. The lowest BCUT2D eigenvalue weighted by atomic mass is 10.0. The normalized spacial score (nSPS) is 18.0. The van der Waals surface area contributed by atoms with Gasteiger partial charge in [0.15, 0.2) is 0 Å². The Hall–Kier alpha value is -1.90. The number of hydrogen-bond acceptors (Lipinski definition) is 3. The zero-order chi connectivity index (χ0) is 14.4. The zero-order valence-electron chi connectivity index (χ0n) is 11.0. The Kier molecular flexibility index (Phi) is 5.10. The molecule has 1 aromatic rings. The summed E-state index contributed by atoms with van der Waals surface area (Å²) in [5.41, 5.74) is 0.798. The van der Waals surface area contributed by atoms with Gasteiger partial charge in [-0.1, -0.05) is 11.8 Å². The molecule has 0 saturated carbocycles. The lowest BCUT2D eigenvalue weighted by Crippen LogP contribution is -2.30. The number of ether oxygens (including phenoxy) is 1. The maximum atomic E-state index is 13.2. The van der Waals surface area contributed by atoms with Crippen molar-refractivity contribution in [3.8, 4) is 11.8 Å². The van der Waals surface area contributed by atoms with Crippen molar-refractivity contribution >= 4 is 11.6 Å². The third-order valence-electron chi connectivity index (χ3n) is 3.07. The lowest BCUT2D eigenvalue weighted by molar-refractivity contribution is -0.123. The average molecular weight is 277 g/mol. The van der Waals surface area contributed by atoms with Crippen LogP contribution in [0.3, 0.4) is 0 Å². The molecule has 0 aliphatic carbocycles. The highest BCUT2D eigenvalue weighted by Gasteiger charge is 2.22. The van der Waals surface area contributed by atoms with Crippen molar-refractivity contribution in [1.29, 1.82) is 0 Å². The van der Waals surface area contributed by atoms with Crippen LogP contribution >= 0.6 is 0 Å². The van der Waals surface area contributed by atoms with Gasteiger partial charge in [0.1, 0.15) is 12.4 Å². The summed E-state index contributed by atoms with van der Waals surface area (Å²) in [6.07, 6.45) is 1.64. The highest BCUT2D eigenvalue weighted by molar-refractivity contribution is 5.94. The number of amides is 1. The Morgan fingerprint density at radius 3 is 3.10 bits per heavy atom. The van der Waals surface area contributed by atoms with Crippen LogP contribution in [-0.2, 0) is 9.53 Å². The fraction of sp³-hybridized carbons (Fsp3) is 0.400. The van der Waals surface area contributed by atoms with Crippen molar-refractivity contribution in [3.63, 3.8) is 0 Å². The van der Waals surface area contributed by atoms with Gasteiger partial charge >= 0.3 is 0 Å². The molecule has 0 radical (unpaired) electrons. The third-order valence-corrected chi connectivity index (χ3v) is 3.07. The summed E-state index contributed by atoms with van der Waals surface area (Å²) in [7, 11) is 0. The minimum atomic E-state index is -0.439. The third kappa shape index (κ3) is 3.80. The molecule has 1 heterocycles. The van der Waals surface area contributed by atoms with E-state index in [1.54, 1.807) is 0 Å². The minimum absolute atomic E-state index is 0.150. The quantitative estimate of drug-likeness (QED) is 0.806. The number of anilines is 1. The van der Waals surface area contributed by atoms with Crippen LogP contribution in [-0.4, -0.2) is 30.8 Å². The second kappa shape index (κ2) is 7.04. The summed E-state index contributed by atoms with van der Waals surface area (Å²) in [6, 6.07) is 3.96. The number of aliphatic hydroxyl groups is 1. The van der Waals surface area contributed by atoms with Crippen LogP contribution in [0.4, 0.5) is 10.1 Å². The number of rotatable bonds is 2. The molecule has 0 bridgehead atoms. The lowest BCUT2D eigenvalue weighted by Gasteiger charge is -2.21. The second-order valence-corrected chi connectivity index (χ2v) is 4.55. The van der Waals surface area contributed by atoms with Crippen molar-refractivity contribution in [2.24, 2.45) is 5.92 Å². The predicted octanol–water partition coefficient (Wildman–Crippen LogP) is 1.53. The molecule has 1 amide bonds. The molecular weight excluding hydrogens is 261 g/mol. The Labute approximate surface area is 116 Å². The van der Waals surface area contributed by atoms with E-state index in [0.29, 0.717) is 24.5 Å². The van der Waals surface area contributed by atoms with E-state index in [-0.39, 0.29) is 18.4 Å². The molecule has 5 heteroatoms. The monoisotopic (exact) mass is 277 g/mol. The topological polar surface area (TPSA) is 58.6 Å². The summed E-state index contributed by atoms with van der Waals surface area (Å²) in [5, 5.41) is 11.4. The molecule has 1 aliphatic heterocycles. The molecule has 1 unspecified atom stereocenters. The molecule has 4 nitrogen and oxygen atoms in total. The van der Waals surface area contributed by atoms with Gasteiger partial charge in [0.25, 0.3) is 0 Å². The molecule has 1 aliphatic rings. The van der Waals surface area contributed by atoms with Gasteiger partial charge in [-0.05, 0) is 31.0 Å². The largest absolute Gasteiger partial charge is 0.384 e. The van der Waals surface area contributed by atoms with Crippen molar-refractivity contribution in [2.45, 2.75) is 12.8 Å². The number of nitrogens with one attached hydrogen (secondary N) is 1. The van der Waals surface area contributed by atoms with Crippen LogP contribution in [0.25, 0.3) is 0 Å². The van der Waals surface area contributed by atoms with Crippen LogP contribution in [0.1, 0.15) is 18.4 Å².